The van der Waals surface area contributed by atoms with Crippen molar-refractivity contribution in [2.24, 2.45) is 0 Å². The minimum Gasteiger partial charge on any atom is -0.493 e. The average molecular weight is 414 g/mol. The number of nitrogens with zero attached hydrogens (tertiary/aromatic N) is 2. The van der Waals surface area contributed by atoms with Gasteiger partial charge in [-0.15, -0.1) is 0 Å². The molecule has 1 aromatic heterocycles. The van der Waals surface area contributed by atoms with Gasteiger partial charge in [-0.05, 0) is 29.8 Å². The molecule has 3 rings (SSSR count). The Hall–Kier alpha value is -3.17. The standard InChI is InChI=1S/C20H22N4O4S/c1-27-18-6-4-5-16(20(18)28-2)17-11-19(22-13-21-17)24-15-9-7-14(8-10-15)12-23-29(3,25)26/h4-11,13,23H,12H2,1-3H3,(H,21,22,24). The minimum absolute atomic E-state index is 0.242. The molecule has 0 fully saturated rings. The number of sulfonamides is 1. The van der Waals surface area contributed by atoms with Crippen LogP contribution in [0.4, 0.5) is 11.5 Å². The normalized spacial score (nSPS) is 11.1. The largest absolute Gasteiger partial charge is 0.493 e. The van der Waals surface area contributed by atoms with Crippen LogP contribution in [0.25, 0.3) is 11.3 Å². The van der Waals surface area contributed by atoms with Crippen LogP contribution in [0.1, 0.15) is 5.56 Å². The number of rotatable bonds is 8. The molecule has 0 radical (unpaired) electrons. The molecule has 9 heteroatoms. The molecule has 152 valence electrons. The van der Waals surface area contributed by atoms with E-state index in [0.29, 0.717) is 23.0 Å². The first-order chi connectivity index (χ1) is 13.9. The van der Waals surface area contributed by atoms with Crippen molar-refractivity contribution in [1.29, 1.82) is 0 Å². The van der Waals surface area contributed by atoms with Gasteiger partial charge in [-0.1, -0.05) is 18.2 Å². The van der Waals surface area contributed by atoms with Gasteiger partial charge >= 0.3 is 0 Å². The third-order valence-corrected chi connectivity index (χ3v) is 4.78. The lowest BCUT2D eigenvalue weighted by Gasteiger charge is -2.13. The van der Waals surface area contributed by atoms with Crippen LogP contribution >= 0.6 is 0 Å². The topological polar surface area (TPSA) is 102 Å². The molecule has 0 aliphatic carbocycles. The Balaban J connectivity index is 1.79. The number of para-hydroxylation sites is 1. The van der Waals surface area contributed by atoms with E-state index in [4.69, 9.17) is 9.47 Å². The van der Waals surface area contributed by atoms with Crippen LogP contribution in [0, 0.1) is 0 Å². The van der Waals surface area contributed by atoms with Gasteiger partial charge in [0.1, 0.15) is 12.1 Å². The first-order valence-electron chi connectivity index (χ1n) is 8.73. The Bertz CT molecular complexity index is 1090. The predicted molar refractivity (Wildman–Crippen MR) is 112 cm³/mol. The maximum Gasteiger partial charge on any atom is 0.209 e. The molecule has 1 heterocycles. The highest BCUT2D eigenvalue weighted by Gasteiger charge is 2.13. The summed E-state index contributed by atoms with van der Waals surface area (Å²) in [6, 6.07) is 14.8. The number of nitrogens with one attached hydrogen (secondary N) is 2. The number of aromatic nitrogens is 2. The average Bonchev–Trinajstić information content (AvgIpc) is 2.72. The zero-order chi connectivity index (χ0) is 20.9. The van der Waals surface area contributed by atoms with Crippen molar-refractivity contribution in [2.45, 2.75) is 6.54 Å². The molecule has 0 aliphatic rings. The van der Waals surface area contributed by atoms with Crippen molar-refractivity contribution >= 4 is 21.5 Å². The molecule has 0 saturated carbocycles. The fraction of sp³-hybridized carbons (Fsp3) is 0.200. The Morgan fingerprint density at radius 2 is 1.76 bits per heavy atom. The SMILES string of the molecule is COc1cccc(-c2cc(Nc3ccc(CNS(C)(=O)=O)cc3)ncn2)c1OC. The smallest absolute Gasteiger partial charge is 0.209 e. The molecule has 0 aliphatic heterocycles. The van der Waals surface area contributed by atoms with E-state index in [-0.39, 0.29) is 6.54 Å². The van der Waals surface area contributed by atoms with Crippen LogP contribution in [0.15, 0.2) is 54.9 Å². The van der Waals surface area contributed by atoms with E-state index in [0.717, 1.165) is 23.1 Å². The summed E-state index contributed by atoms with van der Waals surface area (Å²) in [7, 11) is -0.0525. The van der Waals surface area contributed by atoms with Crippen molar-refractivity contribution in [1.82, 2.24) is 14.7 Å². The van der Waals surface area contributed by atoms with E-state index >= 15 is 0 Å². The second-order valence-corrected chi connectivity index (χ2v) is 8.08. The third kappa shape index (κ3) is 5.43. The number of hydrogen-bond donors (Lipinski definition) is 2. The Labute approximate surface area is 170 Å². The molecular weight excluding hydrogens is 392 g/mol. The predicted octanol–water partition coefficient (Wildman–Crippen LogP) is 2.95. The summed E-state index contributed by atoms with van der Waals surface area (Å²) in [6.07, 6.45) is 2.61. The summed E-state index contributed by atoms with van der Waals surface area (Å²) in [5.41, 5.74) is 3.15. The summed E-state index contributed by atoms with van der Waals surface area (Å²) in [5.74, 6) is 1.83. The van der Waals surface area contributed by atoms with Crippen LogP contribution < -0.4 is 19.5 Å². The first kappa shape index (κ1) is 20.6. The minimum atomic E-state index is -3.22. The van der Waals surface area contributed by atoms with E-state index in [2.05, 4.69) is 20.0 Å². The van der Waals surface area contributed by atoms with E-state index in [1.807, 2.05) is 48.5 Å². The van der Waals surface area contributed by atoms with Crippen LogP contribution in [-0.4, -0.2) is 38.9 Å². The van der Waals surface area contributed by atoms with Gasteiger partial charge in [0.2, 0.25) is 10.0 Å². The molecular formula is C20H22N4O4S. The Kier molecular flexibility index (Phi) is 6.30. The molecule has 0 bridgehead atoms. The molecule has 0 saturated heterocycles. The Morgan fingerprint density at radius 1 is 1.00 bits per heavy atom. The summed E-state index contributed by atoms with van der Waals surface area (Å²) in [6.45, 7) is 0.242. The highest BCUT2D eigenvalue weighted by atomic mass is 32.2. The lowest BCUT2D eigenvalue weighted by atomic mass is 10.1. The van der Waals surface area contributed by atoms with Gasteiger partial charge in [0.05, 0.1) is 26.2 Å². The van der Waals surface area contributed by atoms with Crippen LogP contribution in [0.3, 0.4) is 0 Å². The van der Waals surface area contributed by atoms with Gasteiger partial charge in [0.15, 0.2) is 11.5 Å². The number of hydrogen-bond acceptors (Lipinski definition) is 7. The molecule has 3 aromatic rings. The zero-order valence-corrected chi connectivity index (χ0v) is 17.2. The molecule has 0 amide bonds. The van der Waals surface area contributed by atoms with Gasteiger partial charge < -0.3 is 14.8 Å². The number of ether oxygens (including phenoxy) is 2. The van der Waals surface area contributed by atoms with E-state index in [1.54, 1.807) is 14.2 Å². The maximum absolute atomic E-state index is 11.2. The summed E-state index contributed by atoms with van der Waals surface area (Å²) in [5, 5.41) is 3.22. The van der Waals surface area contributed by atoms with Gasteiger partial charge in [0, 0.05) is 23.9 Å². The zero-order valence-electron chi connectivity index (χ0n) is 16.3. The van der Waals surface area contributed by atoms with E-state index < -0.39 is 10.0 Å². The molecule has 2 aromatic carbocycles. The third-order valence-electron chi connectivity index (χ3n) is 4.11. The quantitative estimate of drug-likeness (QED) is 0.584. The highest BCUT2D eigenvalue weighted by molar-refractivity contribution is 7.88. The maximum atomic E-state index is 11.2. The molecule has 0 atom stereocenters. The first-order valence-corrected chi connectivity index (χ1v) is 10.6. The summed E-state index contributed by atoms with van der Waals surface area (Å²) >= 11 is 0. The monoisotopic (exact) mass is 414 g/mol. The lowest BCUT2D eigenvalue weighted by Crippen LogP contribution is -2.21. The van der Waals surface area contributed by atoms with Gasteiger partial charge in [0.25, 0.3) is 0 Å². The van der Waals surface area contributed by atoms with Crippen molar-refractivity contribution in [3.05, 3.63) is 60.4 Å². The summed E-state index contributed by atoms with van der Waals surface area (Å²) < 4.78 is 35.7. The van der Waals surface area contributed by atoms with Crippen molar-refractivity contribution in [2.75, 3.05) is 25.8 Å². The molecule has 29 heavy (non-hydrogen) atoms. The van der Waals surface area contributed by atoms with Gasteiger partial charge in [-0.2, -0.15) is 0 Å². The fourth-order valence-electron chi connectivity index (χ4n) is 2.73. The van der Waals surface area contributed by atoms with Gasteiger partial charge in [-0.25, -0.2) is 23.1 Å². The van der Waals surface area contributed by atoms with Gasteiger partial charge in [-0.3, -0.25) is 0 Å². The Morgan fingerprint density at radius 3 is 2.41 bits per heavy atom. The molecule has 8 nitrogen and oxygen atoms in total. The van der Waals surface area contributed by atoms with Crippen molar-refractivity contribution in [3.63, 3.8) is 0 Å². The molecule has 2 N–H and O–H groups in total. The summed E-state index contributed by atoms with van der Waals surface area (Å²) in [4.78, 5) is 8.61. The number of benzene rings is 2. The van der Waals surface area contributed by atoms with Crippen LogP contribution in [0.2, 0.25) is 0 Å². The van der Waals surface area contributed by atoms with Crippen molar-refractivity contribution < 1.29 is 17.9 Å². The highest BCUT2D eigenvalue weighted by Crippen LogP contribution is 2.37. The van der Waals surface area contributed by atoms with Crippen molar-refractivity contribution in [3.8, 4) is 22.8 Å². The number of methoxy groups -OCH3 is 2. The lowest BCUT2D eigenvalue weighted by molar-refractivity contribution is 0.356. The number of anilines is 2. The van der Waals surface area contributed by atoms with E-state index in [9.17, 15) is 8.42 Å². The van der Waals surface area contributed by atoms with Crippen LogP contribution in [0.5, 0.6) is 11.5 Å². The molecule has 0 unspecified atom stereocenters. The second kappa shape index (κ2) is 8.89. The van der Waals surface area contributed by atoms with E-state index in [1.165, 1.54) is 6.33 Å². The second-order valence-electron chi connectivity index (χ2n) is 6.24. The molecule has 0 spiro atoms. The van der Waals surface area contributed by atoms with Crippen LogP contribution in [-0.2, 0) is 16.6 Å². The fourth-order valence-corrected chi connectivity index (χ4v) is 3.16.